The highest BCUT2D eigenvalue weighted by molar-refractivity contribution is 5.96. The average Bonchev–Trinajstić information content (AvgIpc) is 3.48. The number of hydrogen-bond donors (Lipinski definition) is 1. The molecule has 1 saturated heterocycles. The monoisotopic (exact) mass is 403 g/mol. The highest BCUT2D eigenvalue weighted by Gasteiger charge is 2.15. The number of carbonyl (C=O) groups excluding carboxylic acids is 2. The minimum Gasteiger partial charge on any atom is -0.452 e. The Labute approximate surface area is 176 Å². The van der Waals surface area contributed by atoms with Crippen LogP contribution < -0.4 is 10.2 Å². The molecule has 6 nitrogen and oxygen atoms in total. The van der Waals surface area contributed by atoms with Crippen LogP contribution in [-0.4, -0.2) is 36.1 Å². The molecule has 30 heavy (non-hydrogen) atoms. The van der Waals surface area contributed by atoms with Crippen molar-refractivity contribution in [3.05, 3.63) is 78.1 Å². The van der Waals surface area contributed by atoms with E-state index in [2.05, 4.69) is 16.3 Å². The van der Waals surface area contributed by atoms with E-state index in [0.717, 1.165) is 30.0 Å². The second-order valence-corrected chi connectivity index (χ2v) is 7.45. The summed E-state index contributed by atoms with van der Waals surface area (Å²) in [5, 5.41) is 2.82. The third kappa shape index (κ3) is 4.54. The molecular formula is C24H25N3O3. The fourth-order valence-corrected chi connectivity index (χ4v) is 3.64. The lowest BCUT2D eigenvalue weighted by Crippen LogP contribution is -2.22. The van der Waals surface area contributed by atoms with Crippen molar-refractivity contribution in [2.45, 2.75) is 19.8 Å². The predicted octanol–water partition coefficient (Wildman–Crippen LogP) is 4.18. The molecule has 0 unspecified atom stereocenters. The molecule has 4 rings (SSSR count). The van der Waals surface area contributed by atoms with Crippen molar-refractivity contribution in [3.8, 4) is 5.69 Å². The summed E-state index contributed by atoms with van der Waals surface area (Å²) >= 11 is 0. The number of carbonyl (C=O) groups is 2. The lowest BCUT2D eigenvalue weighted by atomic mass is 10.1. The van der Waals surface area contributed by atoms with Crippen LogP contribution in [0, 0.1) is 6.92 Å². The van der Waals surface area contributed by atoms with Crippen LogP contribution in [0.2, 0.25) is 0 Å². The molecule has 1 aromatic heterocycles. The number of hydrogen-bond acceptors (Lipinski definition) is 4. The molecule has 1 N–H and O–H groups in total. The van der Waals surface area contributed by atoms with Crippen LogP contribution in [0.4, 0.5) is 11.4 Å². The summed E-state index contributed by atoms with van der Waals surface area (Å²) in [6.07, 6.45) is 6.30. The minimum absolute atomic E-state index is 0.328. The van der Waals surface area contributed by atoms with Crippen molar-refractivity contribution in [1.29, 1.82) is 0 Å². The SMILES string of the molecule is Cc1cc(N2CCCC2)ccc1NC(=O)COC(=O)c1ccc(-n2cccc2)cc1. The largest absolute Gasteiger partial charge is 0.452 e. The number of ether oxygens (including phenoxy) is 1. The first-order valence-corrected chi connectivity index (χ1v) is 10.2. The standard InChI is InChI=1S/C24H25N3O3/c1-18-16-21(27-14-4-5-15-27)10-11-22(18)25-23(28)17-30-24(29)19-6-8-20(9-7-19)26-12-2-3-13-26/h2-3,6-13,16H,4-5,14-15,17H2,1H3,(H,25,28). The predicted molar refractivity (Wildman–Crippen MR) is 117 cm³/mol. The minimum atomic E-state index is -0.523. The van der Waals surface area contributed by atoms with Gasteiger partial charge in [-0.3, -0.25) is 4.79 Å². The first kappa shape index (κ1) is 19.8. The van der Waals surface area contributed by atoms with Crippen LogP contribution in [0.1, 0.15) is 28.8 Å². The Bertz CT molecular complexity index is 1020. The van der Waals surface area contributed by atoms with Crippen molar-refractivity contribution >= 4 is 23.3 Å². The van der Waals surface area contributed by atoms with Gasteiger partial charge >= 0.3 is 5.97 Å². The Hall–Kier alpha value is -3.54. The molecule has 2 aromatic carbocycles. The summed E-state index contributed by atoms with van der Waals surface area (Å²) in [5.74, 6) is -0.880. The Balaban J connectivity index is 1.30. The molecule has 2 heterocycles. The van der Waals surface area contributed by atoms with Crippen LogP contribution in [0.15, 0.2) is 67.0 Å². The topological polar surface area (TPSA) is 63.6 Å². The van der Waals surface area contributed by atoms with Crippen molar-refractivity contribution in [1.82, 2.24) is 4.57 Å². The smallest absolute Gasteiger partial charge is 0.338 e. The number of benzene rings is 2. The normalized spacial score (nSPS) is 13.3. The number of nitrogens with zero attached hydrogens (tertiary/aromatic N) is 2. The third-order valence-electron chi connectivity index (χ3n) is 5.30. The summed E-state index contributed by atoms with van der Waals surface area (Å²) in [5.41, 5.74) is 4.25. The van der Waals surface area contributed by atoms with Gasteiger partial charge in [0, 0.05) is 42.5 Å². The van der Waals surface area contributed by atoms with Gasteiger partial charge in [0.15, 0.2) is 6.61 Å². The van der Waals surface area contributed by atoms with Gasteiger partial charge in [-0.15, -0.1) is 0 Å². The molecule has 0 saturated carbocycles. The summed E-state index contributed by atoms with van der Waals surface area (Å²) in [7, 11) is 0. The number of anilines is 2. The Morgan fingerprint density at radius 1 is 0.967 bits per heavy atom. The second kappa shape index (κ2) is 8.86. The summed E-state index contributed by atoms with van der Waals surface area (Å²) in [6, 6.07) is 16.9. The molecule has 1 amide bonds. The number of nitrogens with one attached hydrogen (secondary N) is 1. The lowest BCUT2D eigenvalue weighted by Gasteiger charge is -2.19. The Morgan fingerprint density at radius 3 is 2.30 bits per heavy atom. The molecule has 3 aromatic rings. The number of amides is 1. The third-order valence-corrected chi connectivity index (χ3v) is 5.30. The molecule has 0 spiro atoms. The average molecular weight is 403 g/mol. The lowest BCUT2D eigenvalue weighted by molar-refractivity contribution is -0.119. The van der Waals surface area contributed by atoms with Gasteiger partial charge in [0.05, 0.1) is 5.56 Å². The van der Waals surface area contributed by atoms with Crippen molar-refractivity contribution in [2.75, 3.05) is 29.9 Å². The van der Waals surface area contributed by atoms with Crippen molar-refractivity contribution < 1.29 is 14.3 Å². The van der Waals surface area contributed by atoms with Gasteiger partial charge in [-0.25, -0.2) is 4.79 Å². The molecule has 0 bridgehead atoms. The Kier molecular flexibility index (Phi) is 5.84. The van der Waals surface area contributed by atoms with E-state index in [0.29, 0.717) is 5.56 Å². The van der Waals surface area contributed by atoms with Crippen LogP contribution >= 0.6 is 0 Å². The van der Waals surface area contributed by atoms with Gasteiger partial charge in [-0.05, 0) is 79.9 Å². The quantitative estimate of drug-likeness (QED) is 0.627. The van der Waals surface area contributed by atoms with Gasteiger partial charge in [0.25, 0.3) is 5.91 Å². The van der Waals surface area contributed by atoms with Gasteiger partial charge in [-0.1, -0.05) is 0 Å². The molecule has 1 fully saturated rings. The van der Waals surface area contributed by atoms with E-state index in [4.69, 9.17) is 4.74 Å². The van der Waals surface area contributed by atoms with Crippen LogP contribution in [0.25, 0.3) is 5.69 Å². The molecule has 1 aliphatic heterocycles. The summed E-state index contributed by atoms with van der Waals surface area (Å²) < 4.78 is 7.12. The fourth-order valence-electron chi connectivity index (χ4n) is 3.64. The van der Waals surface area contributed by atoms with Crippen LogP contribution in [-0.2, 0) is 9.53 Å². The van der Waals surface area contributed by atoms with Gasteiger partial charge in [0.2, 0.25) is 0 Å². The zero-order valence-corrected chi connectivity index (χ0v) is 17.0. The molecular weight excluding hydrogens is 378 g/mol. The molecule has 0 aliphatic carbocycles. The highest BCUT2D eigenvalue weighted by atomic mass is 16.5. The van der Waals surface area contributed by atoms with E-state index in [1.807, 2.05) is 60.3 Å². The molecule has 0 radical (unpaired) electrons. The second-order valence-electron chi connectivity index (χ2n) is 7.45. The first-order chi connectivity index (χ1) is 14.6. The van der Waals surface area contributed by atoms with Crippen LogP contribution in [0.3, 0.4) is 0 Å². The maximum Gasteiger partial charge on any atom is 0.338 e. The van der Waals surface area contributed by atoms with Gasteiger partial charge < -0.3 is 19.5 Å². The molecule has 154 valence electrons. The zero-order valence-electron chi connectivity index (χ0n) is 17.0. The van der Waals surface area contributed by atoms with E-state index in [1.54, 1.807) is 12.1 Å². The van der Waals surface area contributed by atoms with Crippen molar-refractivity contribution in [3.63, 3.8) is 0 Å². The molecule has 0 atom stereocenters. The van der Waals surface area contributed by atoms with Crippen molar-refractivity contribution in [2.24, 2.45) is 0 Å². The van der Waals surface area contributed by atoms with E-state index in [1.165, 1.54) is 18.5 Å². The van der Waals surface area contributed by atoms with Gasteiger partial charge in [-0.2, -0.15) is 0 Å². The number of aromatic nitrogens is 1. The molecule has 6 heteroatoms. The number of aryl methyl sites for hydroxylation is 1. The van der Waals surface area contributed by atoms with Gasteiger partial charge in [0.1, 0.15) is 0 Å². The highest BCUT2D eigenvalue weighted by Crippen LogP contribution is 2.25. The van der Waals surface area contributed by atoms with E-state index < -0.39 is 5.97 Å². The Morgan fingerprint density at radius 2 is 1.63 bits per heavy atom. The van der Waals surface area contributed by atoms with E-state index >= 15 is 0 Å². The number of esters is 1. The molecule has 1 aliphatic rings. The maximum absolute atomic E-state index is 12.2. The van der Waals surface area contributed by atoms with E-state index in [9.17, 15) is 9.59 Å². The summed E-state index contributed by atoms with van der Waals surface area (Å²) in [4.78, 5) is 26.8. The first-order valence-electron chi connectivity index (χ1n) is 10.2. The zero-order chi connectivity index (χ0) is 20.9. The fraction of sp³-hybridized carbons (Fsp3) is 0.250. The number of rotatable bonds is 6. The maximum atomic E-state index is 12.2. The summed E-state index contributed by atoms with van der Waals surface area (Å²) in [6.45, 7) is 3.79. The van der Waals surface area contributed by atoms with Crippen LogP contribution in [0.5, 0.6) is 0 Å². The van der Waals surface area contributed by atoms with E-state index in [-0.39, 0.29) is 12.5 Å².